The fraction of sp³-hybridized carbons (Fsp3) is 0.583. The second-order valence-electron chi connectivity index (χ2n) is 4.26. The van der Waals surface area contributed by atoms with Gasteiger partial charge in [-0.2, -0.15) is 11.8 Å². The molecule has 0 aromatic carbocycles. The minimum absolute atomic E-state index is 0.0264. The molecule has 1 fully saturated rings. The SMILES string of the molecule is Cc1oc(C(=O)O)cc1CNC1CCSCC1. The molecule has 17 heavy (non-hydrogen) atoms. The van der Waals surface area contributed by atoms with Crippen molar-refractivity contribution in [1.82, 2.24) is 5.32 Å². The average molecular weight is 255 g/mol. The van der Waals surface area contributed by atoms with Gasteiger partial charge in [-0.15, -0.1) is 0 Å². The van der Waals surface area contributed by atoms with E-state index in [9.17, 15) is 4.79 Å². The van der Waals surface area contributed by atoms with Crippen LogP contribution in [0.4, 0.5) is 0 Å². The predicted octanol–water partition coefficient (Wildman–Crippen LogP) is 2.27. The van der Waals surface area contributed by atoms with Crippen LogP contribution in [0.1, 0.15) is 34.7 Å². The summed E-state index contributed by atoms with van der Waals surface area (Å²) in [6.45, 7) is 2.50. The van der Waals surface area contributed by atoms with Gasteiger partial charge in [0.1, 0.15) is 5.76 Å². The lowest BCUT2D eigenvalue weighted by molar-refractivity contribution is 0.0661. The molecule has 94 valence electrons. The number of aryl methyl sites for hydroxylation is 1. The average Bonchev–Trinajstić information content (AvgIpc) is 2.70. The fourth-order valence-electron chi connectivity index (χ4n) is 1.96. The van der Waals surface area contributed by atoms with E-state index in [4.69, 9.17) is 9.52 Å². The van der Waals surface area contributed by atoms with Crippen LogP contribution in [-0.4, -0.2) is 28.6 Å². The number of carbonyl (C=O) groups is 1. The Kier molecular flexibility index (Phi) is 4.12. The Hall–Kier alpha value is -0.940. The molecule has 2 heterocycles. The predicted molar refractivity (Wildman–Crippen MR) is 67.6 cm³/mol. The number of carboxylic acids is 1. The summed E-state index contributed by atoms with van der Waals surface area (Å²) < 4.78 is 5.17. The van der Waals surface area contributed by atoms with Crippen LogP contribution in [0.25, 0.3) is 0 Å². The van der Waals surface area contributed by atoms with E-state index in [1.54, 1.807) is 13.0 Å². The minimum Gasteiger partial charge on any atom is -0.475 e. The first-order valence-electron chi connectivity index (χ1n) is 5.80. The van der Waals surface area contributed by atoms with Crippen molar-refractivity contribution in [1.29, 1.82) is 0 Å². The van der Waals surface area contributed by atoms with Gasteiger partial charge in [0.2, 0.25) is 5.76 Å². The number of hydrogen-bond acceptors (Lipinski definition) is 4. The molecule has 1 aliphatic rings. The highest BCUT2D eigenvalue weighted by molar-refractivity contribution is 7.99. The van der Waals surface area contributed by atoms with E-state index in [-0.39, 0.29) is 5.76 Å². The standard InChI is InChI=1S/C12H17NO3S/c1-8-9(6-11(16-8)12(14)15)7-13-10-2-4-17-5-3-10/h6,10,13H,2-5,7H2,1H3,(H,14,15). The summed E-state index contributed by atoms with van der Waals surface area (Å²) >= 11 is 2.00. The van der Waals surface area contributed by atoms with E-state index >= 15 is 0 Å². The molecule has 5 heteroatoms. The normalized spacial score (nSPS) is 17.2. The zero-order chi connectivity index (χ0) is 12.3. The number of rotatable bonds is 4. The van der Waals surface area contributed by atoms with Crippen molar-refractivity contribution in [2.24, 2.45) is 0 Å². The van der Waals surface area contributed by atoms with Gasteiger partial charge in [-0.05, 0) is 37.3 Å². The van der Waals surface area contributed by atoms with Crippen molar-refractivity contribution in [2.45, 2.75) is 32.4 Å². The molecule has 0 amide bonds. The molecule has 0 bridgehead atoms. The van der Waals surface area contributed by atoms with E-state index in [1.165, 1.54) is 24.3 Å². The Morgan fingerprint density at radius 1 is 1.59 bits per heavy atom. The second-order valence-corrected chi connectivity index (χ2v) is 5.49. The van der Waals surface area contributed by atoms with Gasteiger partial charge in [0.05, 0.1) is 0 Å². The molecule has 1 aliphatic heterocycles. The van der Waals surface area contributed by atoms with Gasteiger partial charge < -0.3 is 14.8 Å². The first-order chi connectivity index (χ1) is 8.16. The van der Waals surface area contributed by atoms with Crippen molar-refractivity contribution >= 4 is 17.7 Å². The lowest BCUT2D eigenvalue weighted by Gasteiger charge is -2.22. The maximum absolute atomic E-state index is 10.8. The maximum atomic E-state index is 10.8. The molecule has 0 aliphatic carbocycles. The molecule has 2 N–H and O–H groups in total. The Morgan fingerprint density at radius 2 is 2.29 bits per heavy atom. The van der Waals surface area contributed by atoms with Crippen LogP contribution in [0, 0.1) is 6.92 Å². The first kappa shape index (κ1) is 12.5. The molecule has 1 saturated heterocycles. The fourth-order valence-corrected chi connectivity index (χ4v) is 3.06. The van der Waals surface area contributed by atoms with Gasteiger partial charge in [0, 0.05) is 18.2 Å². The van der Waals surface area contributed by atoms with Crippen LogP contribution < -0.4 is 5.32 Å². The summed E-state index contributed by atoms with van der Waals surface area (Å²) in [5.74, 6) is 2.14. The zero-order valence-corrected chi connectivity index (χ0v) is 10.7. The molecular formula is C12H17NO3S. The Balaban J connectivity index is 1.91. The van der Waals surface area contributed by atoms with Crippen LogP contribution in [0.3, 0.4) is 0 Å². The first-order valence-corrected chi connectivity index (χ1v) is 6.96. The van der Waals surface area contributed by atoms with Gasteiger partial charge in [0.25, 0.3) is 0 Å². The highest BCUT2D eigenvalue weighted by Gasteiger charge is 2.16. The summed E-state index contributed by atoms with van der Waals surface area (Å²) in [5.41, 5.74) is 0.945. The van der Waals surface area contributed by atoms with Gasteiger partial charge in [-0.1, -0.05) is 0 Å². The smallest absolute Gasteiger partial charge is 0.371 e. The van der Waals surface area contributed by atoms with Crippen LogP contribution in [0.15, 0.2) is 10.5 Å². The molecular weight excluding hydrogens is 238 g/mol. The largest absolute Gasteiger partial charge is 0.475 e. The zero-order valence-electron chi connectivity index (χ0n) is 9.86. The number of hydrogen-bond donors (Lipinski definition) is 2. The second kappa shape index (κ2) is 5.60. The quantitative estimate of drug-likeness (QED) is 0.864. The number of nitrogens with one attached hydrogen (secondary N) is 1. The summed E-state index contributed by atoms with van der Waals surface area (Å²) in [7, 11) is 0. The highest BCUT2D eigenvalue weighted by Crippen LogP contribution is 2.19. The molecule has 1 aromatic rings. The Bertz CT molecular complexity index is 396. The van der Waals surface area contributed by atoms with Gasteiger partial charge >= 0.3 is 5.97 Å². The topological polar surface area (TPSA) is 62.5 Å². The third-order valence-electron chi connectivity index (χ3n) is 3.03. The molecule has 0 radical (unpaired) electrons. The van der Waals surface area contributed by atoms with Crippen LogP contribution in [-0.2, 0) is 6.54 Å². The van der Waals surface area contributed by atoms with E-state index in [0.717, 1.165) is 5.56 Å². The minimum atomic E-state index is -1.01. The maximum Gasteiger partial charge on any atom is 0.371 e. The summed E-state index contributed by atoms with van der Waals surface area (Å²) in [5, 5.41) is 12.3. The molecule has 4 nitrogen and oxygen atoms in total. The number of carboxylic acid groups (broad SMARTS) is 1. The van der Waals surface area contributed by atoms with E-state index < -0.39 is 5.97 Å². The summed E-state index contributed by atoms with van der Waals surface area (Å²) in [6, 6.07) is 2.17. The van der Waals surface area contributed by atoms with Gasteiger partial charge in [0.15, 0.2) is 0 Å². The van der Waals surface area contributed by atoms with E-state index in [1.807, 2.05) is 11.8 Å². The molecule has 0 unspecified atom stereocenters. The van der Waals surface area contributed by atoms with Crippen molar-refractivity contribution in [3.8, 4) is 0 Å². The highest BCUT2D eigenvalue weighted by atomic mass is 32.2. The third-order valence-corrected chi connectivity index (χ3v) is 4.08. The summed E-state index contributed by atoms with van der Waals surface area (Å²) in [6.07, 6.45) is 2.38. The van der Waals surface area contributed by atoms with Crippen molar-refractivity contribution < 1.29 is 14.3 Å². The third kappa shape index (κ3) is 3.26. The number of aromatic carboxylic acids is 1. The summed E-state index contributed by atoms with van der Waals surface area (Å²) in [4.78, 5) is 10.8. The molecule has 0 spiro atoms. The van der Waals surface area contributed by atoms with Gasteiger partial charge in [-0.3, -0.25) is 0 Å². The Morgan fingerprint density at radius 3 is 2.88 bits per heavy atom. The molecule has 0 atom stereocenters. The number of furan rings is 1. The van der Waals surface area contributed by atoms with Crippen molar-refractivity contribution in [3.63, 3.8) is 0 Å². The molecule has 0 saturated carbocycles. The lowest BCUT2D eigenvalue weighted by atomic mass is 10.1. The molecule has 2 rings (SSSR count). The van der Waals surface area contributed by atoms with E-state index in [0.29, 0.717) is 18.3 Å². The molecule has 1 aromatic heterocycles. The van der Waals surface area contributed by atoms with E-state index in [2.05, 4.69) is 5.32 Å². The Labute approximate surface area is 105 Å². The van der Waals surface area contributed by atoms with Crippen LogP contribution in [0.5, 0.6) is 0 Å². The monoisotopic (exact) mass is 255 g/mol. The number of thioether (sulfide) groups is 1. The van der Waals surface area contributed by atoms with Gasteiger partial charge in [-0.25, -0.2) is 4.79 Å². The van der Waals surface area contributed by atoms with Crippen molar-refractivity contribution in [3.05, 3.63) is 23.2 Å². The van der Waals surface area contributed by atoms with Crippen LogP contribution in [0.2, 0.25) is 0 Å². The van der Waals surface area contributed by atoms with Crippen LogP contribution >= 0.6 is 11.8 Å². The lowest BCUT2D eigenvalue weighted by Crippen LogP contribution is -2.32. The van der Waals surface area contributed by atoms with Crippen molar-refractivity contribution in [2.75, 3.05) is 11.5 Å².